The van der Waals surface area contributed by atoms with Gasteiger partial charge < -0.3 is 4.57 Å². The predicted octanol–water partition coefficient (Wildman–Crippen LogP) is 3.37. The maximum absolute atomic E-state index is 2.48. The summed E-state index contributed by atoms with van der Waals surface area (Å²) < 4.78 is 2.48. The largest absolute Gasteiger partial charge is 0.347 e. The van der Waals surface area contributed by atoms with Gasteiger partial charge in [0.15, 0.2) is 0 Å². The molecule has 1 fully saturated rings. The molecule has 0 amide bonds. The number of para-hydroxylation sites is 1. The molecule has 1 aliphatic heterocycles. The van der Waals surface area contributed by atoms with Crippen molar-refractivity contribution in [2.75, 3.05) is 0 Å². The number of aromatic nitrogens is 1. The molecule has 1 aromatic heterocycles. The summed E-state index contributed by atoms with van der Waals surface area (Å²) in [5.74, 6) is 0. The zero-order valence-electron chi connectivity index (χ0n) is 8.87. The summed E-state index contributed by atoms with van der Waals surface area (Å²) in [4.78, 5) is 0. The smallest absolute Gasteiger partial charge is 0.0513 e. The summed E-state index contributed by atoms with van der Waals surface area (Å²) >= 11 is 0. The average Bonchev–Trinajstić information content (AvgIpc) is 2.61. The summed E-state index contributed by atoms with van der Waals surface area (Å²) in [5, 5.41) is 1.42. The first-order valence-electron chi connectivity index (χ1n) is 5.93. The molecule has 0 N–H and O–H groups in total. The Bertz CT molecular complexity index is 531. The van der Waals surface area contributed by atoms with Crippen LogP contribution >= 0.6 is 0 Å². The summed E-state index contributed by atoms with van der Waals surface area (Å²) in [6, 6.07) is 9.02. The third-order valence-electron chi connectivity index (χ3n) is 4.36. The molecule has 15 heavy (non-hydrogen) atoms. The summed E-state index contributed by atoms with van der Waals surface area (Å²) in [5.41, 5.74) is 3.69. The second-order valence-corrected chi connectivity index (χ2v) is 5.33. The zero-order chi connectivity index (χ0) is 9.88. The van der Waals surface area contributed by atoms with Crippen LogP contribution in [0.15, 0.2) is 30.5 Å². The van der Waals surface area contributed by atoms with Gasteiger partial charge in [-0.2, -0.15) is 0 Å². The Morgan fingerprint density at radius 3 is 2.87 bits per heavy atom. The zero-order valence-corrected chi connectivity index (χ0v) is 8.87. The fraction of sp³-hybridized carbons (Fsp3) is 0.429. The molecule has 1 aliphatic carbocycles. The maximum Gasteiger partial charge on any atom is 0.0513 e. The van der Waals surface area contributed by atoms with Gasteiger partial charge in [-0.05, 0) is 41.7 Å². The number of nitrogens with zero attached hydrogens (tertiary/aromatic N) is 1. The molecule has 1 heteroatoms. The van der Waals surface area contributed by atoms with E-state index in [1.807, 2.05) is 0 Å². The summed E-state index contributed by atoms with van der Waals surface area (Å²) in [6.45, 7) is 1.26. The Balaban J connectivity index is 1.98. The SMILES string of the molecule is c1cc2c3c(c1)ccn3CC1(CCC1)C2. The fourth-order valence-electron chi connectivity index (χ4n) is 3.45. The molecule has 0 atom stereocenters. The van der Waals surface area contributed by atoms with Crippen LogP contribution in [0.3, 0.4) is 0 Å². The van der Waals surface area contributed by atoms with Crippen LogP contribution in [0.25, 0.3) is 10.9 Å². The van der Waals surface area contributed by atoms with Crippen molar-refractivity contribution in [3.63, 3.8) is 0 Å². The number of rotatable bonds is 0. The lowest BCUT2D eigenvalue weighted by molar-refractivity contribution is 0.102. The van der Waals surface area contributed by atoms with Crippen LogP contribution < -0.4 is 0 Å². The Morgan fingerprint density at radius 2 is 2.07 bits per heavy atom. The van der Waals surface area contributed by atoms with Gasteiger partial charge in [0.05, 0.1) is 5.52 Å². The van der Waals surface area contributed by atoms with Crippen molar-refractivity contribution in [3.05, 3.63) is 36.0 Å². The minimum atomic E-state index is 0.625. The van der Waals surface area contributed by atoms with E-state index in [1.165, 1.54) is 43.1 Å². The molecule has 0 saturated heterocycles. The number of hydrogen-bond donors (Lipinski definition) is 0. The van der Waals surface area contributed by atoms with E-state index in [4.69, 9.17) is 0 Å². The molecule has 4 rings (SSSR count). The molecule has 1 aromatic carbocycles. The molecule has 0 radical (unpaired) electrons. The van der Waals surface area contributed by atoms with E-state index in [9.17, 15) is 0 Å². The van der Waals surface area contributed by atoms with Crippen LogP contribution in [0.2, 0.25) is 0 Å². The van der Waals surface area contributed by atoms with E-state index < -0.39 is 0 Å². The van der Waals surface area contributed by atoms with Gasteiger partial charge in [0.2, 0.25) is 0 Å². The van der Waals surface area contributed by atoms with E-state index in [1.54, 1.807) is 5.56 Å². The van der Waals surface area contributed by atoms with Crippen molar-refractivity contribution >= 4 is 10.9 Å². The molecule has 0 unspecified atom stereocenters. The summed E-state index contributed by atoms with van der Waals surface area (Å²) in [7, 11) is 0. The molecule has 0 bridgehead atoms. The van der Waals surface area contributed by atoms with Crippen LogP contribution in [-0.2, 0) is 13.0 Å². The first kappa shape index (κ1) is 7.98. The van der Waals surface area contributed by atoms with E-state index in [2.05, 4.69) is 35.0 Å². The number of benzene rings is 1. The van der Waals surface area contributed by atoms with Crippen LogP contribution in [-0.4, -0.2) is 4.57 Å². The average molecular weight is 197 g/mol. The minimum Gasteiger partial charge on any atom is -0.347 e. The summed E-state index contributed by atoms with van der Waals surface area (Å²) in [6.07, 6.45) is 7.89. The second-order valence-electron chi connectivity index (χ2n) is 5.33. The molecule has 2 aromatic rings. The van der Waals surface area contributed by atoms with E-state index in [0.717, 1.165) is 0 Å². The quantitative estimate of drug-likeness (QED) is 0.610. The minimum absolute atomic E-state index is 0.625. The van der Waals surface area contributed by atoms with Gasteiger partial charge in [-0.3, -0.25) is 0 Å². The van der Waals surface area contributed by atoms with Crippen molar-refractivity contribution in [1.82, 2.24) is 4.57 Å². The van der Waals surface area contributed by atoms with Crippen molar-refractivity contribution in [2.24, 2.45) is 5.41 Å². The van der Waals surface area contributed by atoms with Gasteiger partial charge in [-0.15, -0.1) is 0 Å². The first-order valence-corrected chi connectivity index (χ1v) is 5.93. The Morgan fingerprint density at radius 1 is 1.13 bits per heavy atom. The molecular formula is C14H15N. The molecule has 1 nitrogen and oxygen atoms in total. The Labute approximate surface area is 89.7 Å². The lowest BCUT2D eigenvalue weighted by Gasteiger charge is -2.45. The highest BCUT2D eigenvalue weighted by Gasteiger charge is 2.40. The monoisotopic (exact) mass is 197 g/mol. The first-order chi connectivity index (χ1) is 7.36. The van der Waals surface area contributed by atoms with Crippen molar-refractivity contribution < 1.29 is 0 Å². The Hall–Kier alpha value is -1.24. The van der Waals surface area contributed by atoms with Crippen molar-refractivity contribution in [2.45, 2.75) is 32.2 Å². The molecule has 2 aliphatic rings. The van der Waals surface area contributed by atoms with Crippen LogP contribution in [0, 0.1) is 5.41 Å². The van der Waals surface area contributed by atoms with Crippen LogP contribution in [0.1, 0.15) is 24.8 Å². The molecule has 76 valence electrons. The normalized spacial score (nSPS) is 21.9. The topological polar surface area (TPSA) is 4.93 Å². The van der Waals surface area contributed by atoms with Gasteiger partial charge in [-0.1, -0.05) is 24.6 Å². The highest BCUT2D eigenvalue weighted by Crippen LogP contribution is 2.48. The highest BCUT2D eigenvalue weighted by molar-refractivity contribution is 5.84. The van der Waals surface area contributed by atoms with Crippen molar-refractivity contribution in [1.29, 1.82) is 0 Å². The van der Waals surface area contributed by atoms with Gasteiger partial charge in [0.1, 0.15) is 0 Å². The van der Waals surface area contributed by atoms with Crippen LogP contribution in [0.5, 0.6) is 0 Å². The molecule has 2 heterocycles. The lowest BCUT2D eigenvalue weighted by Crippen LogP contribution is -2.38. The molecular weight excluding hydrogens is 182 g/mol. The number of hydrogen-bond acceptors (Lipinski definition) is 0. The fourth-order valence-corrected chi connectivity index (χ4v) is 3.45. The second kappa shape index (κ2) is 2.46. The van der Waals surface area contributed by atoms with Gasteiger partial charge >= 0.3 is 0 Å². The van der Waals surface area contributed by atoms with Gasteiger partial charge in [0, 0.05) is 12.7 Å². The Kier molecular flexibility index (Phi) is 1.31. The highest BCUT2D eigenvalue weighted by atomic mass is 15.0. The predicted molar refractivity (Wildman–Crippen MR) is 61.9 cm³/mol. The van der Waals surface area contributed by atoms with Gasteiger partial charge in [0.25, 0.3) is 0 Å². The maximum atomic E-state index is 2.48. The third kappa shape index (κ3) is 0.935. The lowest BCUT2D eigenvalue weighted by atomic mass is 9.64. The van der Waals surface area contributed by atoms with E-state index in [0.29, 0.717) is 5.41 Å². The standard InChI is InChI=1S/C14H15N/c1-3-11-5-8-15-10-14(6-2-7-14)9-12(4-1)13(11)15/h1,3-5,8H,2,6-7,9-10H2. The van der Waals surface area contributed by atoms with Crippen LogP contribution in [0.4, 0.5) is 0 Å². The molecule has 1 spiro atoms. The van der Waals surface area contributed by atoms with E-state index >= 15 is 0 Å². The van der Waals surface area contributed by atoms with E-state index in [-0.39, 0.29) is 0 Å². The third-order valence-corrected chi connectivity index (χ3v) is 4.36. The van der Waals surface area contributed by atoms with Crippen molar-refractivity contribution in [3.8, 4) is 0 Å². The van der Waals surface area contributed by atoms with Gasteiger partial charge in [-0.25, -0.2) is 0 Å². The molecule has 1 saturated carbocycles.